The fourth-order valence-electron chi connectivity index (χ4n) is 3.68. The van der Waals surface area contributed by atoms with Crippen LogP contribution in [0, 0.1) is 0 Å². The fraction of sp³-hybridized carbons (Fsp3) is 0.259. The molecule has 2 amide bonds. The summed E-state index contributed by atoms with van der Waals surface area (Å²) in [6, 6.07) is 20.6. The number of nitrogens with one attached hydrogen (secondary N) is 1. The van der Waals surface area contributed by atoms with Gasteiger partial charge in [-0.15, -0.1) is 0 Å². The van der Waals surface area contributed by atoms with Gasteiger partial charge < -0.3 is 10.2 Å². The quantitative estimate of drug-likeness (QED) is 0.342. The van der Waals surface area contributed by atoms with E-state index in [4.69, 9.17) is 11.6 Å². The lowest BCUT2D eigenvalue weighted by Gasteiger charge is -2.32. The Hall–Kier alpha value is -2.88. The van der Waals surface area contributed by atoms with Crippen molar-refractivity contribution >= 4 is 55.1 Å². The third-order valence-corrected chi connectivity index (χ3v) is 8.25. The molecular weight excluding hydrogens is 578 g/mol. The molecule has 0 saturated carbocycles. The van der Waals surface area contributed by atoms with Crippen LogP contribution in [0.15, 0.2) is 88.2 Å². The molecule has 0 heterocycles. The topological polar surface area (TPSA) is 86.8 Å². The molecule has 37 heavy (non-hydrogen) atoms. The summed E-state index contributed by atoms with van der Waals surface area (Å²) in [5, 5.41) is 3.27. The maximum absolute atomic E-state index is 13.8. The van der Waals surface area contributed by atoms with Gasteiger partial charge in [0.25, 0.3) is 10.0 Å². The standard InChI is InChI=1S/C27H29BrClN3O4S/c1-19(2)30-27(34)20(3)31(17-21-10-7-8-15-25(21)29)26(33)18-32(23-12-9-11-22(28)16-23)37(35,36)24-13-5-4-6-14-24/h4-16,19-20H,17-18H2,1-3H3,(H,30,34). The molecule has 3 aromatic rings. The average Bonchev–Trinajstić information content (AvgIpc) is 2.86. The lowest BCUT2D eigenvalue weighted by Crippen LogP contribution is -2.52. The van der Waals surface area contributed by atoms with Gasteiger partial charge >= 0.3 is 0 Å². The highest BCUT2D eigenvalue weighted by atomic mass is 79.9. The van der Waals surface area contributed by atoms with Gasteiger partial charge in [0.1, 0.15) is 12.6 Å². The molecule has 0 aliphatic rings. The molecule has 0 radical (unpaired) electrons. The van der Waals surface area contributed by atoms with E-state index >= 15 is 0 Å². The van der Waals surface area contributed by atoms with Gasteiger partial charge in [0, 0.05) is 22.1 Å². The number of benzene rings is 3. The third-order valence-electron chi connectivity index (χ3n) is 5.60. The molecule has 7 nitrogen and oxygen atoms in total. The number of carbonyl (C=O) groups excluding carboxylic acids is 2. The van der Waals surface area contributed by atoms with Crippen LogP contribution in [0.1, 0.15) is 26.3 Å². The predicted molar refractivity (Wildman–Crippen MR) is 150 cm³/mol. The summed E-state index contributed by atoms with van der Waals surface area (Å²) < 4.78 is 29.1. The first-order valence-corrected chi connectivity index (χ1v) is 14.3. The van der Waals surface area contributed by atoms with E-state index in [1.54, 1.807) is 73.7 Å². The summed E-state index contributed by atoms with van der Waals surface area (Å²) in [5.41, 5.74) is 0.949. The van der Waals surface area contributed by atoms with Gasteiger partial charge in [0.2, 0.25) is 11.8 Å². The number of amides is 2. The molecule has 0 aromatic heterocycles. The first-order chi connectivity index (χ1) is 17.5. The molecule has 10 heteroatoms. The molecule has 196 valence electrons. The van der Waals surface area contributed by atoms with E-state index in [0.29, 0.717) is 20.7 Å². The maximum atomic E-state index is 13.8. The molecule has 0 bridgehead atoms. The Morgan fingerprint density at radius 3 is 2.22 bits per heavy atom. The van der Waals surface area contributed by atoms with Crippen LogP contribution in [0.2, 0.25) is 5.02 Å². The van der Waals surface area contributed by atoms with Crippen molar-refractivity contribution in [3.8, 4) is 0 Å². The number of rotatable bonds is 10. The van der Waals surface area contributed by atoms with Gasteiger partial charge in [-0.25, -0.2) is 8.42 Å². The van der Waals surface area contributed by atoms with Gasteiger partial charge in [0.05, 0.1) is 10.6 Å². The minimum absolute atomic E-state index is 0.0307. The highest BCUT2D eigenvalue weighted by Gasteiger charge is 2.33. The van der Waals surface area contributed by atoms with E-state index < -0.39 is 28.5 Å². The van der Waals surface area contributed by atoms with E-state index in [1.165, 1.54) is 17.0 Å². The summed E-state index contributed by atoms with van der Waals surface area (Å²) in [5.74, 6) is -0.902. The highest BCUT2D eigenvalue weighted by molar-refractivity contribution is 9.10. The van der Waals surface area contributed by atoms with Crippen molar-refractivity contribution in [1.29, 1.82) is 0 Å². The molecule has 1 atom stereocenters. The second-order valence-corrected chi connectivity index (χ2v) is 11.9. The molecule has 0 aliphatic heterocycles. The Labute approximate surface area is 231 Å². The monoisotopic (exact) mass is 605 g/mol. The predicted octanol–water partition coefficient (Wildman–Crippen LogP) is 5.24. The summed E-state index contributed by atoms with van der Waals surface area (Å²) >= 11 is 9.74. The van der Waals surface area contributed by atoms with Gasteiger partial charge in [-0.3, -0.25) is 13.9 Å². The smallest absolute Gasteiger partial charge is 0.264 e. The number of anilines is 1. The van der Waals surface area contributed by atoms with Gasteiger partial charge in [0.15, 0.2) is 0 Å². The van der Waals surface area contributed by atoms with Crippen molar-refractivity contribution in [3.63, 3.8) is 0 Å². The van der Waals surface area contributed by atoms with E-state index in [2.05, 4.69) is 21.2 Å². The average molecular weight is 607 g/mol. The van der Waals surface area contributed by atoms with E-state index in [-0.39, 0.29) is 23.4 Å². The number of hydrogen-bond donors (Lipinski definition) is 1. The lowest BCUT2D eigenvalue weighted by atomic mass is 10.1. The van der Waals surface area contributed by atoms with Crippen LogP contribution in [0.25, 0.3) is 0 Å². The van der Waals surface area contributed by atoms with Crippen LogP contribution in [0.3, 0.4) is 0 Å². The zero-order valence-electron chi connectivity index (χ0n) is 20.8. The first kappa shape index (κ1) is 28.7. The maximum Gasteiger partial charge on any atom is 0.264 e. The summed E-state index contributed by atoms with van der Waals surface area (Å²) in [7, 11) is -4.11. The molecule has 1 N–H and O–H groups in total. The molecule has 0 spiro atoms. The number of hydrogen-bond acceptors (Lipinski definition) is 4. The van der Waals surface area contributed by atoms with Crippen molar-refractivity contribution in [1.82, 2.24) is 10.2 Å². The Morgan fingerprint density at radius 1 is 0.946 bits per heavy atom. The van der Waals surface area contributed by atoms with Crippen LogP contribution in [-0.4, -0.2) is 43.8 Å². The minimum Gasteiger partial charge on any atom is -0.352 e. The molecule has 3 aromatic carbocycles. The van der Waals surface area contributed by atoms with Crippen molar-refractivity contribution in [2.75, 3.05) is 10.8 Å². The van der Waals surface area contributed by atoms with Crippen LogP contribution in [0.4, 0.5) is 5.69 Å². The summed E-state index contributed by atoms with van der Waals surface area (Å²) in [6.45, 7) is 4.78. The molecule has 0 aliphatic carbocycles. The van der Waals surface area contributed by atoms with E-state index in [0.717, 1.165) is 4.31 Å². The van der Waals surface area contributed by atoms with Crippen LogP contribution in [-0.2, 0) is 26.2 Å². The molecule has 0 fully saturated rings. The van der Waals surface area contributed by atoms with Crippen LogP contribution >= 0.6 is 27.5 Å². The van der Waals surface area contributed by atoms with Crippen LogP contribution < -0.4 is 9.62 Å². The number of halogens is 2. The van der Waals surface area contributed by atoms with Gasteiger partial charge in [-0.1, -0.05) is 70.0 Å². The Bertz CT molecular complexity index is 1350. The normalized spacial score (nSPS) is 12.2. The summed E-state index contributed by atoms with van der Waals surface area (Å²) in [6.07, 6.45) is 0. The lowest BCUT2D eigenvalue weighted by molar-refractivity contribution is -0.139. The highest BCUT2D eigenvalue weighted by Crippen LogP contribution is 2.27. The van der Waals surface area contributed by atoms with Gasteiger partial charge in [-0.2, -0.15) is 0 Å². The van der Waals surface area contributed by atoms with Crippen molar-refractivity contribution in [3.05, 3.63) is 93.9 Å². The van der Waals surface area contributed by atoms with Crippen LogP contribution in [0.5, 0.6) is 0 Å². The molecule has 3 rings (SSSR count). The second-order valence-electron chi connectivity index (χ2n) is 8.76. The van der Waals surface area contributed by atoms with Gasteiger partial charge in [-0.05, 0) is 62.7 Å². The minimum atomic E-state index is -4.11. The zero-order valence-corrected chi connectivity index (χ0v) is 23.9. The van der Waals surface area contributed by atoms with Crippen molar-refractivity contribution in [2.24, 2.45) is 0 Å². The number of nitrogens with zero attached hydrogens (tertiary/aromatic N) is 2. The molecule has 0 saturated heterocycles. The Morgan fingerprint density at radius 2 is 1.59 bits per heavy atom. The number of carbonyl (C=O) groups is 2. The Kier molecular flexibility index (Phi) is 9.75. The van der Waals surface area contributed by atoms with Crippen molar-refractivity contribution in [2.45, 2.75) is 44.3 Å². The first-order valence-electron chi connectivity index (χ1n) is 11.7. The van der Waals surface area contributed by atoms with E-state index in [1.807, 2.05) is 13.8 Å². The van der Waals surface area contributed by atoms with Crippen molar-refractivity contribution < 1.29 is 18.0 Å². The Balaban J connectivity index is 2.03. The number of sulfonamides is 1. The zero-order chi connectivity index (χ0) is 27.2. The fourth-order valence-corrected chi connectivity index (χ4v) is 5.69. The SMILES string of the molecule is CC(C)NC(=O)C(C)N(Cc1ccccc1Cl)C(=O)CN(c1cccc(Br)c1)S(=O)(=O)c1ccccc1. The molecular formula is C27H29BrClN3O4S. The van der Waals surface area contributed by atoms with E-state index in [9.17, 15) is 18.0 Å². The summed E-state index contributed by atoms with van der Waals surface area (Å²) in [4.78, 5) is 28.1. The largest absolute Gasteiger partial charge is 0.352 e. The molecule has 1 unspecified atom stereocenters. The second kappa shape index (κ2) is 12.6. The third kappa shape index (κ3) is 7.34.